The molecule has 1 aliphatic rings. The van der Waals surface area contributed by atoms with Gasteiger partial charge in [-0.25, -0.2) is 0 Å². The molecular formula is C20H26N4O3. The number of amides is 2. The summed E-state index contributed by atoms with van der Waals surface area (Å²) in [6, 6.07) is 7.62. The lowest BCUT2D eigenvalue weighted by molar-refractivity contribution is -0.122. The molecule has 1 N–H and O–H groups in total. The third-order valence-corrected chi connectivity index (χ3v) is 4.77. The first kappa shape index (κ1) is 18.9. The van der Waals surface area contributed by atoms with Gasteiger partial charge in [-0.1, -0.05) is 19.9 Å². The average Bonchev–Trinajstić information content (AvgIpc) is 2.87. The zero-order valence-electron chi connectivity index (χ0n) is 16.3. The van der Waals surface area contributed by atoms with Gasteiger partial charge in [0.15, 0.2) is 0 Å². The van der Waals surface area contributed by atoms with Crippen LogP contribution in [0.25, 0.3) is 0 Å². The standard InChI is InChI=1S/C20H26N4O3/c1-13(2)15-5-6-18-17(10-15)20(26)24(7-8-27-18)12-19(25)21-11-16-9-14(3)23(4)22-16/h5-6,9-10,13H,7-8,11-12H2,1-4H3,(H,21,25). The van der Waals surface area contributed by atoms with Gasteiger partial charge in [-0.2, -0.15) is 5.10 Å². The summed E-state index contributed by atoms with van der Waals surface area (Å²) in [6.07, 6.45) is 0. The van der Waals surface area contributed by atoms with Gasteiger partial charge in [0, 0.05) is 12.7 Å². The number of aromatic nitrogens is 2. The number of rotatable bonds is 5. The van der Waals surface area contributed by atoms with Gasteiger partial charge in [-0.15, -0.1) is 0 Å². The summed E-state index contributed by atoms with van der Waals surface area (Å²) >= 11 is 0. The number of aryl methyl sites for hydroxylation is 2. The normalized spacial score (nSPS) is 14.0. The maximum atomic E-state index is 12.9. The minimum atomic E-state index is -0.213. The van der Waals surface area contributed by atoms with E-state index in [1.165, 1.54) is 4.90 Å². The Bertz CT molecular complexity index is 837. The van der Waals surface area contributed by atoms with Crippen molar-refractivity contribution in [3.63, 3.8) is 0 Å². The van der Waals surface area contributed by atoms with Crippen molar-refractivity contribution >= 4 is 11.8 Å². The molecule has 0 saturated heterocycles. The number of carbonyl (C=O) groups excluding carboxylic acids is 2. The van der Waals surface area contributed by atoms with Crippen molar-refractivity contribution in [3.8, 4) is 5.75 Å². The average molecular weight is 370 g/mol. The number of benzene rings is 1. The summed E-state index contributed by atoms with van der Waals surface area (Å²) < 4.78 is 7.47. The molecule has 27 heavy (non-hydrogen) atoms. The van der Waals surface area contributed by atoms with Crippen LogP contribution < -0.4 is 10.1 Å². The topological polar surface area (TPSA) is 76.5 Å². The first-order chi connectivity index (χ1) is 12.8. The zero-order valence-corrected chi connectivity index (χ0v) is 16.3. The van der Waals surface area contributed by atoms with E-state index in [4.69, 9.17) is 4.74 Å². The lowest BCUT2D eigenvalue weighted by atomic mass is 10.00. The van der Waals surface area contributed by atoms with E-state index >= 15 is 0 Å². The molecule has 144 valence electrons. The Kier molecular flexibility index (Phi) is 5.48. The van der Waals surface area contributed by atoms with Crippen LogP contribution in [-0.4, -0.2) is 46.2 Å². The number of nitrogens with zero attached hydrogens (tertiary/aromatic N) is 3. The van der Waals surface area contributed by atoms with Gasteiger partial charge in [-0.05, 0) is 36.6 Å². The highest BCUT2D eigenvalue weighted by Gasteiger charge is 2.25. The number of nitrogens with one attached hydrogen (secondary N) is 1. The quantitative estimate of drug-likeness (QED) is 0.873. The number of hydrogen-bond acceptors (Lipinski definition) is 4. The second-order valence-corrected chi connectivity index (χ2v) is 7.16. The van der Waals surface area contributed by atoms with E-state index in [2.05, 4.69) is 24.3 Å². The van der Waals surface area contributed by atoms with E-state index in [1.807, 2.05) is 38.2 Å². The fourth-order valence-corrected chi connectivity index (χ4v) is 3.03. The van der Waals surface area contributed by atoms with Crippen LogP contribution in [0.5, 0.6) is 5.75 Å². The molecule has 1 aromatic heterocycles. The summed E-state index contributed by atoms with van der Waals surface area (Å²) in [6.45, 7) is 7.19. The third-order valence-electron chi connectivity index (χ3n) is 4.77. The van der Waals surface area contributed by atoms with Crippen molar-refractivity contribution in [1.82, 2.24) is 20.0 Å². The largest absolute Gasteiger partial charge is 0.491 e. The van der Waals surface area contributed by atoms with Crippen LogP contribution in [0, 0.1) is 6.92 Å². The minimum Gasteiger partial charge on any atom is -0.491 e. The summed E-state index contributed by atoms with van der Waals surface area (Å²) in [4.78, 5) is 26.8. The highest BCUT2D eigenvalue weighted by atomic mass is 16.5. The fourth-order valence-electron chi connectivity index (χ4n) is 3.03. The molecule has 1 aliphatic heterocycles. The highest BCUT2D eigenvalue weighted by Crippen LogP contribution is 2.27. The van der Waals surface area contributed by atoms with Gasteiger partial charge < -0.3 is 15.0 Å². The number of hydrogen-bond donors (Lipinski definition) is 1. The lowest BCUT2D eigenvalue weighted by Gasteiger charge is -2.19. The van der Waals surface area contributed by atoms with Crippen molar-refractivity contribution in [2.75, 3.05) is 19.7 Å². The molecule has 0 aliphatic carbocycles. The Morgan fingerprint density at radius 2 is 2.11 bits per heavy atom. The van der Waals surface area contributed by atoms with E-state index in [1.54, 1.807) is 4.68 Å². The molecule has 0 saturated carbocycles. The third kappa shape index (κ3) is 4.30. The van der Waals surface area contributed by atoms with Crippen molar-refractivity contribution in [1.29, 1.82) is 0 Å². The van der Waals surface area contributed by atoms with Crippen molar-refractivity contribution < 1.29 is 14.3 Å². The second kappa shape index (κ2) is 7.82. The number of carbonyl (C=O) groups is 2. The van der Waals surface area contributed by atoms with Crippen LogP contribution in [0.4, 0.5) is 0 Å². The Balaban J connectivity index is 1.66. The monoisotopic (exact) mass is 370 g/mol. The van der Waals surface area contributed by atoms with Gasteiger partial charge in [0.2, 0.25) is 5.91 Å². The van der Waals surface area contributed by atoms with Crippen LogP contribution >= 0.6 is 0 Å². The van der Waals surface area contributed by atoms with E-state index in [0.29, 0.717) is 36.9 Å². The molecule has 7 nitrogen and oxygen atoms in total. The molecular weight excluding hydrogens is 344 g/mol. The summed E-state index contributed by atoms with van der Waals surface area (Å²) in [5.41, 5.74) is 3.41. The zero-order chi connectivity index (χ0) is 19.6. The van der Waals surface area contributed by atoms with Gasteiger partial charge in [-0.3, -0.25) is 14.3 Å². The summed E-state index contributed by atoms with van der Waals surface area (Å²) in [7, 11) is 1.86. The Morgan fingerprint density at radius 3 is 2.78 bits per heavy atom. The molecule has 0 radical (unpaired) electrons. The predicted molar refractivity (Wildman–Crippen MR) is 102 cm³/mol. The molecule has 1 aromatic carbocycles. The molecule has 0 bridgehead atoms. The van der Waals surface area contributed by atoms with Crippen molar-refractivity contribution in [2.24, 2.45) is 7.05 Å². The van der Waals surface area contributed by atoms with Crippen molar-refractivity contribution in [3.05, 3.63) is 46.8 Å². The number of fused-ring (bicyclic) bond motifs is 1. The van der Waals surface area contributed by atoms with Crippen LogP contribution in [0.1, 0.15) is 47.1 Å². The van der Waals surface area contributed by atoms with Gasteiger partial charge in [0.1, 0.15) is 12.4 Å². The number of ether oxygens (including phenoxy) is 1. The molecule has 2 amide bonds. The van der Waals surface area contributed by atoms with Gasteiger partial charge in [0.25, 0.3) is 5.91 Å². The molecule has 0 unspecified atom stereocenters. The van der Waals surface area contributed by atoms with Crippen molar-refractivity contribution in [2.45, 2.75) is 33.2 Å². The minimum absolute atomic E-state index is 0.000640. The van der Waals surface area contributed by atoms with Crippen LogP contribution in [0.15, 0.2) is 24.3 Å². The molecule has 0 atom stereocenters. The molecule has 7 heteroatoms. The maximum absolute atomic E-state index is 12.9. The predicted octanol–water partition coefficient (Wildman–Crippen LogP) is 2.00. The molecule has 3 rings (SSSR count). The lowest BCUT2D eigenvalue weighted by Crippen LogP contribution is -2.41. The Labute approximate surface area is 159 Å². The van der Waals surface area contributed by atoms with E-state index in [0.717, 1.165) is 17.0 Å². The molecule has 0 fully saturated rings. The summed E-state index contributed by atoms with van der Waals surface area (Å²) in [5.74, 6) is 0.505. The summed E-state index contributed by atoms with van der Waals surface area (Å²) in [5, 5.41) is 7.15. The second-order valence-electron chi connectivity index (χ2n) is 7.16. The Hall–Kier alpha value is -2.83. The highest BCUT2D eigenvalue weighted by molar-refractivity contribution is 5.99. The maximum Gasteiger partial charge on any atom is 0.258 e. The van der Waals surface area contributed by atoms with E-state index < -0.39 is 0 Å². The smallest absolute Gasteiger partial charge is 0.258 e. The molecule has 2 aromatic rings. The first-order valence-electron chi connectivity index (χ1n) is 9.17. The molecule has 2 heterocycles. The van der Waals surface area contributed by atoms with E-state index in [-0.39, 0.29) is 18.4 Å². The van der Waals surface area contributed by atoms with Gasteiger partial charge in [0.05, 0.1) is 30.9 Å². The van der Waals surface area contributed by atoms with Crippen LogP contribution in [0.2, 0.25) is 0 Å². The van der Waals surface area contributed by atoms with Crippen LogP contribution in [-0.2, 0) is 18.4 Å². The Morgan fingerprint density at radius 1 is 1.33 bits per heavy atom. The first-order valence-corrected chi connectivity index (χ1v) is 9.17. The van der Waals surface area contributed by atoms with Crippen LogP contribution in [0.3, 0.4) is 0 Å². The SMILES string of the molecule is Cc1cc(CNC(=O)CN2CCOc3ccc(C(C)C)cc3C2=O)nn1C. The molecule has 0 spiro atoms. The fraction of sp³-hybridized carbons (Fsp3) is 0.450. The van der Waals surface area contributed by atoms with E-state index in [9.17, 15) is 9.59 Å². The van der Waals surface area contributed by atoms with Gasteiger partial charge >= 0.3 is 0 Å².